The molecular weight excluding hydrogens is 248 g/mol. The minimum Gasteiger partial charge on any atom is -0.379 e. The summed E-state index contributed by atoms with van der Waals surface area (Å²) < 4.78 is 5.67. The molecule has 1 saturated carbocycles. The molecule has 0 radical (unpaired) electrons. The first-order valence-electron chi connectivity index (χ1n) is 7.29. The molecule has 2 aromatic carbocycles. The summed E-state index contributed by atoms with van der Waals surface area (Å²) in [5.41, 5.74) is 4.29. The van der Waals surface area contributed by atoms with Gasteiger partial charge in [-0.15, -0.1) is 0 Å². The third kappa shape index (κ3) is 2.70. The van der Waals surface area contributed by atoms with E-state index in [1.54, 1.807) is 7.11 Å². The van der Waals surface area contributed by atoms with Gasteiger partial charge in [0.25, 0.3) is 0 Å². The van der Waals surface area contributed by atoms with Gasteiger partial charge in [-0.3, -0.25) is 11.3 Å². The largest absolute Gasteiger partial charge is 0.379 e. The zero-order chi connectivity index (χ0) is 13.9. The molecule has 1 aliphatic carbocycles. The van der Waals surface area contributed by atoms with E-state index >= 15 is 0 Å². The van der Waals surface area contributed by atoms with Crippen molar-refractivity contribution in [3.8, 4) is 0 Å². The molecule has 1 aliphatic rings. The summed E-state index contributed by atoms with van der Waals surface area (Å²) in [4.78, 5) is 0. The number of benzene rings is 2. The van der Waals surface area contributed by atoms with E-state index in [1.807, 2.05) is 0 Å². The average molecular weight is 270 g/mol. The SMILES string of the molecule is COC(C1CC1)C(Cc1cccc2ccccc12)NN. The number of hydrogen-bond donors (Lipinski definition) is 2. The van der Waals surface area contributed by atoms with Gasteiger partial charge in [0.15, 0.2) is 0 Å². The van der Waals surface area contributed by atoms with Gasteiger partial charge >= 0.3 is 0 Å². The first-order chi connectivity index (χ1) is 9.83. The molecule has 0 spiro atoms. The van der Waals surface area contributed by atoms with E-state index < -0.39 is 0 Å². The maximum atomic E-state index is 5.78. The maximum absolute atomic E-state index is 5.78. The van der Waals surface area contributed by atoms with Crippen LogP contribution in [0.5, 0.6) is 0 Å². The molecule has 0 amide bonds. The quantitative estimate of drug-likeness (QED) is 0.626. The second-order valence-corrected chi connectivity index (χ2v) is 5.65. The molecule has 2 atom stereocenters. The molecule has 0 heterocycles. The van der Waals surface area contributed by atoms with Gasteiger partial charge < -0.3 is 4.74 Å². The standard InChI is InChI=1S/C17H22N2O/c1-20-17(13-9-10-13)16(19-18)11-14-7-4-6-12-5-2-3-8-15(12)14/h2-8,13,16-17,19H,9-11,18H2,1H3. The van der Waals surface area contributed by atoms with Crippen LogP contribution in [-0.2, 0) is 11.2 Å². The van der Waals surface area contributed by atoms with Crippen molar-refractivity contribution < 1.29 is 4.74 Å². The van der Waals surface area contributed by atoms with Gasteiger partial charge in [-0.25, -0.2) is 0 Å². The van der Waals surface area contributed by atoms with Crippen molar-refractivity contribution in [1.82, 2.24) is 5.43 Å². The van der Waals surface area contributed by atoms with Crippen molar-refractivity contribution in [2.24, 2.45) is 11.8 Å². The number of hydrogen-bond acceptors (Lipinski definition) is 3. The van der Waals surface area contributed by atoms with Gasteiger partial charge in [0.2, 0.25) is 0 Å². The van der Waals surface area contributed by atoms with Crippen molar-refractivity contribution in [2.45, 2.75) is 31.4 Å². The summed E-state index contributed by atoms with van der Waals surface area (Å²) in [5, 5.41) is 2.59. The Bertz CT molecular complexity index is 575. The fraction of sp³-hybridized carbons (Fsp3) is 0.412. The molecule has 3 nitrogen and oxygen atoms in total. The second-order valence-electron chi connectivity index (χ2n) is 5.65. The first kappa shape index (κ1) is 13.6. The van der Waals surface area contributed by atoms with E-state index in [-0.39, 0.29) is 12.1 Å². The highest BCUT2D eigenvalue weighted by molar-refractivity contribution is 5.85. The van der Waals surface area contributed by atoms with Crippen molar-refractivity contribution in [2.75, 3.05) is 7.11 Å². The van der Waals surface area contributed by atoms with Crippen molar-refractivity contribution in [3.63, 3.8) is 0 Å². The second kappa shape index (κ2) is 5.92. The summed E-state index contributed by atoms with van der Waals surface area (Å²) >= 11 is 0. The smallest absolute Gasteiger partial charge is 0.0769 e. The molecule has 0 bridgehead atoms. The van der Waals surface area contributed by atoms with E-state index in [1.165, 1.54) is 29.2 Å². The normalized spacial score (nSPS) is 18.1. The van der Waals surface area contributed by atoms with Crippen LogP contribution in [-0.4, -0.2) is 19.3 Å². The zero-order valence-electron chi connectivity index (χ0n) is 11.9. The van der Waals surface area contributed by atoms with E-state index in [4.69, 9.17) is 10.6 Å². The summed E-state index contributed by atoms with van der Waals surface area (Å²) in [5.74, 6) is 6.44. The van der Waals surface area contributed by atoms with Crippen molar-refractivity contribution in [3.05, 3.63) is 48.0 Å². The first-order valence-corrected chi connectivity index (χ1v) is 7.29. The lowest BCUT2D eigenvalue weighted by atomic mass is 9.95. The van der Waals surface area contributed by atoms with E-state index in [9.17, 15) is 0 Å². The average Bonchev–Trinajstić information content (AvgIpc) is 3.32. The third-order valence-electron chi connectivity index (χ3n) is 4.29. The Labute approximate surface area is 120 Å². The highest BCUT2D eigenvalue weighted by Gasteiger charge is 2.36. The molecule has 0 aliphatic heterocycles. The molecule has 1 fully saturated rings. The maximum Gasteiger partial charge on any atom is 0.0769 e. The van der Waals surface area contributed by atoms with Crippen LogP contribution >= 0.6 is 0 Å². The van der Waals surface area contributed by atoms with Crippen LogP contribution in [0, 0.1) is 5.92 Å². The monoisotopic (exact) mass is 270 g/mol. The van der Waals surface area contributed by atoms with Crippen LogP contribution in [0.15, 0.2) is 42.5 Å². The number of nitrogens with one attached hydrogen (secondary N) is 1. The number of nitrogens with two attached hydrogens (primary N) is 1. The fourth-order valence-electron chi connectivity index (χ4n) is 3.09. The van der Waals surface area contributed by atoms with E-state index in [0.717, 1.165) is 6.42 Å². The third-order valence-corrected chi connectivity index (χ3v) is 4.29. The Morgan fingerprint density at radius 2 is 1.95 bits per heavy atom. The molecule has 0 aromatic heterocycles. The lowest BCUT2D eigenvalue weighted by molar-refractivity contribution is 0.0512. The predicted octanol–water partition coefficient (Wildman–Crippen LogP) is 2.64. The summed E-state index contributed by atoms with van der Waals surface area (Å²) in [6, 6.07) is 15.1. The zero-order valence-corrected chi connectivity index (χ0v) is 11.9. The van der Waals surface area contributed by atoms with Crippen LogP contribution in [0.25, 0.3) is 10.8 Å². The van der Waals surface area contributed by atoms with Crippen LogP contribution in [0.2, 0.25) is 0 Å². The molecule has 3 N–H and O–H groups in total. The van der Waals surface area contributed by atoms with Crippen molar-refractivity contribution >= 4 is 10.8 Å². The van der Waals surface area contributed by atoms with Crippen LogP contribution in [0.3, 0.4) is 0 Å². The van der Waals surface area contributed by atoms with Crippen molar-refractivity contribution in [1.29, 1.82) is 0 Å². The Morgan fingerprint density at radius 1 is 1.20 bits per heavy atom. The number of ether oxygens (including phenoxy) is 1. The van der Waals surface area contributed by atoms with Gasteiger partial charge in [-0.05, 0) is 41.5 Å². The highest BCUT2D eigenvalue weighted by Crippen LogP contribution is 2.36. The lowest BCUT2D eigenvalue weighted by Crippen LogP contribution is -2.47. The van der Waals surface area contributed by atoms with Crippen LogP contribution < -0.4 is 11.3 Å². The van der Waals surface area contributed by atoms with Gasteiger partial charge in [0.1, 0.15) is 0 Å². The molecule has 106 valence electrons. The Kier molecular flexibility index (Phi) is 4.01. The number of methoxy groups -OCH3 is 1. The lowest BCUT2D eigenvalue weighted by Gasteiger charge is -2.26. The van der Waals surface area contributed by atoms with E-state index in [0.29, 0.717) is 5.92 Å². The number of rotatable bonds is 6. The van der Waals surface area contributed by atoms with Gasteiger partial charge in [-0.1, -0.05) is 42.5 Å². The molecule has 2 unspecified atom stereocenters. The Hall–Kier alpha value is -1.42. The molecule has 0 saturated heterocycles. The highest BCUT2D eigenvalue weighted by atomic mass is 16.5. The minimum absolute atomic E-state index is 0.165. The Morgan fingerprint density at radius 3 is 2.65 bits per heavy atom. The summed E-state index contributed by atoms with van der Waals surface area (Å²) in [6.45, 7) is 0. The molecule has 2 aromatic rings. The predicted molar refractivity (Wildman–Crippen MR) is 82.3 cm³/mol. The van der Waals surface area contributed by atoms with Crippen LogP contribution in [0.4, 0.5) is 0 Å². The van der Waals surface area contributed by atoms with Gasteiger partial charge in [-0.2, -0.15) is 0 Å². The fourth-order valence-corrected chi connectivity index (χ4v) is 3.09. The minimum atomic E-state index is 0.165. The van der Waals surface area contributed by atoms with E-state index in [2.05, 4.69) is 47.9 Å². The van der Waals surface area contributed by atoms with Gasteiger partial charge in [0.05, 0.1) is 12.1 Å². The Balaban J connectivity index is 1.87. The molecular formula is C17H22N2O. The summed E-state index contributed by atoms with van der Waals surface area (Å²) in [7, 11) is 1.79. The number of fused-ring (bicyclic) bond motifs is 1. The molecule has 20 heavy (non-hydrogen) atoms. The van der Waals surface area contributed by atoms with Crippen LogP contribution in [0.1, 0.15) is 18.4 Å². The molecule has 3 heteroatoms. The van der Waals surface area contributed by atoms with Gasteiger partial charge in [0, 0.05) is 7.11 Å². The topological polar surface area (TPSA) is 47.3 Å². The molecule has 3 rings (SSSR count). The summed E-state index contributed by atoms with van der Waals surface area (Å²) in [6.07, 6.45) is 3.62. The number of hydrazine groups is 1.